The van der Waals surface area contributed by atoms with Gasteiger partial charge in [0.15, 0.2) is 0 Å². The van der Waals surface area contributed by atoms with Crippen molar-refractivity contribution in [1.82, 2.24) is 0 Å². The lowest BCUT2D eigenvalue weighted by Crippen LogP contribution is -2.64. The van der Waals surface area contributed by atoms with E-state index in [2.05, 4.69) is 74.6 Å². The molecule has 0 aromatic heterocycles. The first-order valence-corrected chi connectivity index (χ1v) is 26.1. The van der Waals surface area contributed by atoms with Gasteiger partial charge in [0, 0.05) is 13.0 Å². The van der Waals surface area contributed by atoms with Crippen LogP contribution in [-0.4, -0.2) is 98.9 Å². The Kier molecular flexibility index (Phi) is 37.8. The number of aliphatic hydroxyl groups excluding tert-OH is 5. The normalized spacial score (nSPS) is 22.3. The molecule has 6 atom stereocenters. The van der Waals surface area contributed by atoms with Crippen LogP contribution < -0.4 is 0 Å². The zero-order valence-electron chi connectivity index (χ0n) is 39.1. The Hall–Kier alpha value is -1.96. The number of carbonyl (C=O) groups excluding carboxylic acids is 1. The van der Waals surface area contributed by atoms with Crippen LogP contribution in [0.2, 0.25) is 0 Å². The number of hydrogen-bond donors (Lipinski definition) is 6. The predicted molar refractivity (Wildman–Crippen MR) is 253 cm³/mol. The van der Waals surface area contributed by atoms with Gasteiger partial charge in [-0.1, -0.05) is 184 Å². The SMILES string of the molecule is CC/C=C\C/C=C\C/C=C\C/C=C\C/C=C\CCCCCCCCOCC(COP(=O)(O)OC1C(O)C(O)C(O)C(O)C1O)OC(=O)CCCCCCCCCCCCCCCC. The van der Waals surface area contributed by atoms with Crippen molar-refractivity contribution in [2.24, 2.45) is 0 Å². The number of phosphoric acid groups is 1. The van der Waals surface area contributed by atoms with Gasteiger partial charge in [0.2, 0.25) is 0 Å². The lowest BCUT2D eigenvalue weighted by atomic mass is 9.85. The third-order valence-corrected chi connectivity index (χ3v) is 12.1. The van der Waals surface area contributed by atoms with E-state index in [1.165, 1.54) is 64.2 Å². The Morgan fingerprint density at radius 2 is 0.937 bits per heavy atom. The molecule has 6 unspecified atom stereocenters. The van der Waals surface area contributed by atoms with E-state index in [1.807, 2.05) is 0 Å². The van der Waals surface area contributed by atoms with Crippen LogP contribution in [0.3, 0.4) is 0 Å². The van der Waals surface area contributed by atoms with Gasteiger partial charge in [0.25, 0.3) is 0 Å². The maximum absolute atomic E-state index is 12.8. The van der Waals surface area contributed by atoms with Crippen LogP contribution in [0.5, 0.6) is 0 Å². The number of hydrogen-bond acceptors (Lipinski definition) is 11. The molecule has 12 nitrogen and oxygen atoms in total. The smallest absolute Gasteiger partial charge is 0.457 e. The molecule has 0 radical (unpaired) electrons. The third-order valence-electron chi connectivity index (χ3n) is 11.2. The monoisotopic (exact) mass is 913 g/mol. The summed E-state index contributed by atoms with van der Waals surface area (Å²) >= 11 is 0. The van der Waals surface area contributed by atoms with Crippen molar-refractivity contribution in [2.75, 3.05) is 19.8 Å². The van der Waals surface area contributed by atoms with Gasteiger partial charge in [-0.05, 0) is 57.8 Å². The summed E-state index contributed by atoms with van der Waals surface area (Å²) < 4.78 is 34.2. The summed E-state index contributed by atoms with van der Waals surface area (Å²) in [5, 5.41) is 50.2. The first-order valence-electron chi connectivity index (χ1n) is 24.6. The van der Waals surface area contributed by atoms with E-state index >= 15 is 0 Å². The minimum Gasteiger partial charge on any atom is -0.457 e. The Morgan fingerprint density at radius 1 is 0.524 bits per heavy atom. The Bertz CT molecular complexity index is 1270. The molecule has 13 heteroatoms. The average molecular weight is 913 g/mol. The van der Waals surface area contributed by atoms with Crippen LogP contribution in [0.4, 0.5) is 0 Å². The summed E-state index contributed by atoms with van der Waals surface area (Å²) in [5.74, 6) is -0.484. The quantitative estimate of drug-likeness (QED) is 0.0147. The molecule has 366 valence electrons. The maximum Gasteiger partial charge on any atom is 0.472 e. The predicted octanol–water partition coefficient (Wildman–Crippen LogP) is 10.6. The zero-order valence-corrected chi connectivity index (χ0v) is 40.0. The molecule has 1 aliphatic carbocycles. The molecule has 0 saturated heterocycles. The molecule has 0 aromatic carbocycles. The molecule has 0 aromatic rings. The highest BCUT2D eigenvalue weighted by atomic mass is 31.2. The lowest BCUT2D eigenvalue weighted by molar-refractivity contribution is -0.220. The van der Waals surface area contributed by atoms with Gasteiger partial charge >= 0.3 is 13.8 Å². The van der Waals surface area contributed by atoms with Crippen molar-refractivity contribution >= 4 is 13.8 Å². The average Bonchev–Trinajstić information content (AvgIpc) is 3.27. The zero-order chi connectivity index (χ0) is 46.2. The highest BCUT2D eigenvalue weighted by Gasteiger charge is 2.51. The number of allylic oxidation sites excluding steroid dienone is 10. The van der Waals surface area contributed by atoms with Gasteiger partial charge in [-0.3, -0.25) is 13.8 Å². The Labute approximate surface area is 381 Å². The van der Waals surface area contributed by atoms with E-state index < -0.39 is 63.1 Å². The molecular formula is C50H89O12P. The van der Waals surface area contributed by atoms with Gasteiger partial charge in [-0.25, -0.2) is 4.57 Å². The fourth-order valence-corrected chi connectivity index (χ4v) is 8.24. The molecule has 1 fully saturated rings. The van der Waals surface area contributed by atoms with E-state index in [0.717, 1.165) is 96.3 Å². The van der Waals surface area contributed by atoms with Crippen molar-refractivity contribution in [3.63, 3.8) is 0 Å². The number of unbranched alkanes of at least 4 members (excludes halogenated alkanes) is 19. The molecule has 0 heterocycles. The third kappa shape index (κ3) is 32.4. The fourth-order valence-electron chi connectivity index (χ4n) is 7.26. The van der Waals surface area contributed by atoms with Crippen LogP contribution in [0, 0.1) is 0 Å². The first-order chi connectivity index (χ1) is 30.5. The molecule has 0 bridgehead atoms. The van der Waals surface area contributed by atoms with Crippen LogP contribution in [0.1, 0.15) is 187 Å². The molecule has 0 amide bonds. The molecule has 1 saturated carbocycles. The van der Waals surface area contributed by atoms with E-state index in [-0.39, 0.29) is 13.0 Å². The molecule has 0 spiro atoms. The molecule has 63 heavy (non-hydrogen) atoms. The summed E-state index contributed by atoms with van der Waals surface area (Å²) in [6.45, 7) is 4.12. The summed E-state index contributed by atoms with van der Waals surface area (Å²) in [7, 11) is -5.02. The largest absolute Gasteiger partial charge is 0.472 e. The number of rotatable bonds is 41. The second-order valence-electron chi connectivity index (χ2n) is 16.9. The van der Waals surface area contributed by atoms with E-state index in [4.69, 9.17) is 18.5 Å². The standard InChI is InChI=1S/C50H89O12P/c1-3-5-7-9-11-13-15-17-19-20-21-22-23-24-25-26-28-30-32-34-36-38-40-59-41-43(42-60-63(57,58)62-50-48(55)46(53)45(52)47(54)49(50)56)61-44(51)39-37-35-33-31-29-27-18-16-14-12-10-8-6-4-2/h5,7,11,13,17,19,21-22,24-25,43,45-50,52-56H,3-4,6,8-10,12,14-16,18,20,23,26-42H2,1-2H3,(H,57,58)/b7-5-,13-11-,19-17-,22-21-,25-24-. The number of esters is 1. The van der Waals surface area contributed by atoms with Gasteiger partial charge in [-0.15, -0.1) is 0 Å². The van der Waals surface area contributed by atoms with Crippen LogP contribution >= 0.6 is 7.82 Å². The molecule has 0 aliphatic heterocycles. The Morgan fingerprint density at radius 3 is 1.43 bits per heavy atom. The number of carbonyl (C=O) groups is 1. The van der Waals surface area contributed by atoms with Crippen LogP contribution in [0.15, 0.2) is 60.8 Å². The second-order valence-corrected chi connectivity index (χ2v) is 18.3. The van der Waals surface area contributed by atoms with Crippen molar-refractivity contribution in [3.05, 3.63) is 60.8 Å². The molecule has 1 rings (SSSR count). The second kappa shape index (κ2) is 40.3. The van der Waals surface area contributed by atoms with E-state index in [9.17, 15) is 39.8 Å². The highest BCUT2D eigenvalue weighted by Crippen LogP contribution is 2.47. The lowest BCUT2D eigenvalue weighted by Gasteiger charge is -2.41. The molecular weight excluding hydrogens is 824 g/mol. The van der Waals surface area contributed by atoms with Crippen molar-refractivity contribution in [2.45, 2.75) is 230 Å². The maximum atomic E-state index is 12.8. The van der Waals surface area contributed by atoms with Gasteiger partial charge in [0.05, 0.1) is 13.2 Å². The number of aliphatic hydroxyl groups is 5. The highest BCUT2D eigenvalue weighted by molar-refractivity contribution is 7.47. The summed E-state index contributed by atoms with van der Waals surface area (Å²) in [6, 6.07) is 0. The summed E-state index contributed by atoms with van der Waals surface area (Å²) in [4.78, 5) is 23.2. The fraction of sp³-hybridized carbons (Fsp3) is 0.780. The Balaban J connectivity index is 2.36. The number of ether oxygens (including phenoxy) is 2. The van der Waals surface area contributed by atoms with E-state index in [0.29, 0.717) is 13.0 Å². The number of phosphoric ester groups is 1. The van der Waals surface area contributed by atoms with Crippen molar-refractivity contribution < 1.29 is 58.3 Å². The van der Waals surface area contributed by atoms with Crippen molar-refractivity contribution in [3.8, 4) is 0 Å². The summed E-state index contributed by atoms with van der Waals surface area (Å²) in [6.07, 6.45) is 38.5. The topological polar surface area (TPSA) is 192 Å². The van der Waals surface area contributed by atoms with Gasteiger partial charge < -0.3 is 39.9 Å². The minimum absolute atomic E-state index is 0.0873. The van der Waals surface area contributed by atoms with E-state index in [1.54, 1.807) is 0 Å². The molecule has 6 N–H and O–H groups in total. The first kappa shape index (κ1) is 59.1. The van der Waals surface area contributed by atoms with Gasteiger partial charge in [-0.2, -0.15) is 0 Å². The van der Waals surface area contributed by atoms with Gasteiger partial charge in [0.1, 0.15) is 42.7 Å². The summed E-state index contributed by atoms with van der Waals surface area (Å²) in [5.41, 5.74) is 0. The molecule has 1 aliphatic rings. The minimum atomic E-state index is -5.02. The van der Waals surface area contributed by atoms with Crippen LogP contribution in [0.25, 0.3) is 0 Å². The van der Waals surface area contributed by atoms with Crippen LogP contribution in [-0.2, 0) is 27.9 Å². The van der Waals surface area contributed by atoms with Crippen molar-refractivity contribution in [1.29, 1.82) is 0 Å².